The number of nitrogens with one attached hydrogen (secondary N) is 2. The Morgan fingerprint density at radius 2 is 1.47 bits per heavy atom. The number of carbonyl (C=O) groups is 5. The van der Waals surface area contributed by atoms with Gasteiger partial charge in [0.2, 0.25) is 0 Å². The van der Waals surface area contributed by atoms with Crippen LogP contribution in [0.4, 0.5) is 38.1 Å². The van der Waals surface area contributed by atoms with Gasteiger partial charge in [-0.1, -0.05) is 43.5 Å². The molecule has 3 aromatic carbocycles. The Hall–Kier alpha value is -5.34. The number of rotatable bonds is 10. The standard InChI is InChI=1S/C34H31F5N4O6/c35-33(36,31(47)48)18-40-28(44)23-8-6-20(7-9-23)17-42(25-13-10-22(11-14-25)21-4-2-1-3-5-21)32(49)41-24-12-15-26-27(16-24)30(46)43(29(26)45)19-34(37,38)39/h6-16,21H,1-5,17-19H2,(H,40,44)(H,41,49)(H,47,48). The molecule has 1 saturated carbocycles. The van der Waals surface area contributed by atoms with Gasteiger partial charge in [-0.3, -0.25) is 24.2 Å². The molecule has 1 heterocycles. The lowest BCUT2D eigenvalue weighted by molar-refractivity contribution is -0.163. The van der Waals surface area contributed by atoms with Crippen molar-refractivity contribution >= 4 is 41.1 Å². The van der Waals surface area contributed by atoms with Crippen molar-refractivity contribution in [3.8, 4) is 0 Å². The van der Waals surface area contributed by atoms with E-state index >= 15 is 0 Å². The molecule has 3 aromatic rings. The highest BCUT2D eigenvalue weighted by Crippen LogP contribution is 2.34. The molecular weight excluding hydrogens is 655 g/mol. The topological polar surface area (TPSA) is 136 Å². The lowest BCUT2D eigenvalue weighted by Crippen LogP contribution is -2.42. The number of hydrogen-bond acceptors (Lipinski definition) is 5. The Morgan fingerprint density at radius 1 is 0.837 bits per heavy atom. The minimum absolute atomic E-state index is 0.0327. The number of carbonyl (C=O) groups excluding carboxylic acids is 4. The molecule has 3 N–H and O–H groups in total. The number of nitrogens with zero attached hydrogens (tertiary/aromatic N) is 2. The van der Waals surface area contributed by atoms with E-state index in [1.54, 1.807) is 12.1 Å². The van der Waals surface area contributed by atoms with Crippen LogP contribution in [0.1, 0.15) is 80.2 Å². The Balaban J connectivity index is 1.36. The summed E-state index contributed by atoms with van der Waals surface area (Å²) < 4.78 is 65.7. The zero-order chi connectivity index (χ0) is 35.5. The molecule has 49 heavy (non-hydrogen) atoms. The van der Waals surface area contributed by atoms with Crippen molar-refractivity contribution in [1.82, 2.24) is 10.2 Å². The molecule has 0 bridgehead atoms. The van der Waals surface area contributed by atoms with E-state index in [-0.39, 0.29) is 33.8 Å². The van der Waals surface area contributed by atoms with Crippen molar-refractivity contribution < 1.29 is 51.0 Å². The number of imide groups is 1. The predicted octanol–water partition coefficient (Wildman–Crippen LogP) is 6.58. The van der Waals surface area contributed by atoms with Crippen molar-refractivity contribution in [2.45, 2.75) is 56.7 Å². The fourth-order valence-corrected chi connectivity index (χ4v) is 5.84. The molecule has 1 fully saturated rings. The van der Waals surface area contributed by atoms with Gasteiger partial charge in [0.25, 0.3) is 17.7 Å². The van der Waals surface area contributed by atoms with E-state index in [1.807, 2.05) is 17.4 Å². The molecule has 0 radical (unpaired) electrons. The first-order valence-electron chi connectivity index (χ1n) is 15.4. The van der Waals surface area contributed by atoms with Crippen LogP contribution in [-0.4, -0.2) is 64.9 Å². The summed E-state index contributed by atoms with van der Waals surface area (Å²) in [5, 5.41) is 13.1. The van der Waals surface area contributed by atoms with Crippen LogP contribution in [0.15, 0.2) is 66.7 Å². The Bertz CT molecular complexity index is 1760. The molecule has 258 valence electrons. The molecule has 10 nitrogen and oxygen atoms in total. The number of anilines is 2. The highest BCUT2D eigenvalue weighted by molar-refractivity contribution is 6.22. The molecule has 0 saturated heterocycles. The lowest BCUT2D eigenvalue weighted by atomic mass is 9.84. The molecule has 5 rings (SSSR count). The molecule has 1 aliphatic heterocycles. The Labute approximate surface area is 276 Å². The van der Waals surface area contributed by atoms with Crippen molar-refractivity contribution in [2.24, 2.45) is 0 Å². The molecule has 0 unspecified atom stereocenters. The van der Waals surface area contributed by atoms with Gasteiger partial charge < -0.3 is 15.7 Å². The second-order valence-electron chi connectivity index (χ2n) is 11.9. The molecule has 15 heteroatoms. The number of carboxylic acids is 1. The first-order valence-corrected chi connectivity index (χ1v) is 15.4. The van der Waals surface area contributed by atoms with E-state index in [0.29, 0.717) is 17.2 Å². The fraction of sp³-hybridized carbons (Fsp3) is 0.324. The third-order valence-electron chi connectivity index (χ3n) is 8.43. The van der Waals surface area contributed by atoms with Crippen molar-refractivity contribution in [3.05, 3.63) is 94.5 Å². The average Bonchev–Trinajstić information content (AvgIpc) is 3.30. The summed E-state index contributed by atoms with van der Waals surface area (Å²) in [5.74, 6) is -9.31. The number of hydrogen-bond donors (Lipinski definition) is 3. The number of urea groups is 1. The zero-order valence-electron chi connectivity index (χ0n) is 25.9. The monoisotopic (exact) mass is 686 g/mol. The summed E-state index contributed by atoms with van der Waals surface area (Å²) in [6.07, 6.45) is 0.740. The highest BCUT2D eigenvalue weighted by Gasteiger charge is 2.43. The largest absolute Gasteiger partial charge is 0.477 e. The van der Waals surface area contributed by atoms with E-state index in [2.05, 4.69) is 5.32 Å². The van der Waals surface area contributed by atoms with E-state index < -0.39 is 54.9 Å². The summed E-state index contributed by atoms with van der Waals surface area (Å²) in [6, 6.07) is 15.9. The lowest BCUT2D eigenvalue weighted by Gasteiger charge is -2.26. The summed E-state index contributed by atoms with van der Waals surface area (Å²) in [5.41, 5.74) is 1.61. The number of alkyl halides is 5. The van der Waals surface area contributed by atoms with Crippen LogP contribution in [0, 0.1) is 0 Å². The van der Waals surface area contributed by atoms with E-state index in [9.17, 15) is 45.9 Å². The van der Waals surface area contributed by atoms with Gasteiger partial charge in [-0.2, -0.15) is 22.0 Å². The normalized spacial score (nSPS) is 15.2. The van der Waals surface area contributed by atoms with Gasteiger partial charge in [-0.15, -0.1) is 0 Å². The smallest absolute Gasteiger partial charge is 0.406 e. The summed E-state index contributed by atoms with van der Waals surface area (Å²) in [7, 11) is 0. The number of aliphatic carboxylic acids is 1. The fourth-order valence-electron chi connectivity index (χ4n) is 5.84. The van der Waals surface area contributed by atoms with Gasteiger partial charge in [0.15, 0.2) is 0 Å². The predicted molar refractivity (Wildman–Crippen MR) is 167 cm³/mol. The summed E-state index contributed by atoms with van der Waals surface area (Å²) in [6.45, 7) is -3.22. The quantitative estimate of drug-likeness (QED) is 0.163. The summed E-state index contributed by atoms with van der Waals surface area (Å²) in [4.78, 5) is 63.3. The minimum Gasteiger partial charge on any atom is -0.477 e. The molecule has 1 aliphatic carbocycles. The number of amides is 5. The third kappa shape index (κ3) is 8.21. The molecule has 0 atom stereocenters. The zero-order valence-corrected chi connectivity index (χ0v) is 25.9. The maximum Gasteiger partial charge on any atom is 0.406 e. The number of fused-ring (bicyclic) bond motifs is 1. The van der Waals surface area contributed by atoms with Crippen LogP contribution >= 0.6 is 0 Å². The van der Waals surface area contributed by atoms with Gasteiger partial charge in [0, 0.05) is 16.9 Å². The van der Waals surface area contributed by atoms with Crippen LogP contribution in [0.3, 0.4) is 0 Å². The van der Waals surface area contributed by atoms with Crippen molar-refractivity contribution in [1.29, 1.82) is 0 Å². The number of halogens is 5. The van der Waals surface area contributed by atoms with Crippen LogP contribution < -0.4 is 15.5 Å². The average molecular weight is 687 g/mol. The molecule has 5 amide bonds. The van der Waals surface area contributed by atoms with Gasteiger partial charge in [0.05, 0.1) is 24.2 Å². The first kappa shape index (κ1) is 35.0. The van der Waals surface area contributed by atoms with E-state index in [4.69, 9.17) is 5.11 Å². The van der Waals surface area contributed by atoms with E-state index in [0.717, 1.165) is 37.3 Å². The van der Waals surface area contributed by atoms with Gasteiger partial charge in [-0.25, -0.2) is 9.59 Å². The minimum atomic E-state index is -4.80. The molecule has 0 aromatic heterocycles. The highest BCUT2D eigenvalue weighted by atomic mass is 19.4. The van der Waals surface area contributed by atoms with Gasteiger partial charge >= 0.3 is 24.1 Å². The van der Waals surface area contributed by atoms with Gasteiger partial charge in [-0.05, 0) is 72.4 Å². The van der Waals surface area contributed by atoms with Crippen LogP contribution in [0.25, 0.3) is 0 Å². The molecular formula is C34H31F5N4O6. The Kier molecular flexibility index (Phi) is 10.0. The van der Waals surface area contributed by atoms with Crippen LogP contribution in [-0.2, 0) is 11.3 Å². The molecule has 2 aliphatic rings. The second-order valence-corrected chi connectivity index (χ2v) is 11.9. The third-order valence-corrected chi connectivity index (χ3v) is 8.43. The maximum absolute atomic E-state index is 13.7. The number of carboxylic acid groups (broad SMARTS) is 1. The maximum atomic E-state index is 13.7. The SMILES string of the molecule is O=C(NCC(F)(F)C(=O)O)c1ccc(CN(C(=O)Nc2ccc3c(c2)C(=O)N(CC(F)(F)F)C3=O)c2ccc(C3CCCCC3)cc2)cc1. The van der Waals surface area contributed by atoms with Gasteiger partial charge in [0.1, 0.15) is 6.54 Å². The molecule has 0 spiro atoms. The van der Waals surface area contributed by atoms with Crippen molar-refractivity contribution in [2.75, 3.05) is 23.3 Å². The van der Waals surface area contributed by atoms with Crippen LogP contribution in [0.2, 0.25) is 0 Å². The summed E-state index contributed by atoms with van der Waals surface area (Å²) >= 11 is 0. The van der Waals surface area contributed by atoms with Crippen LogP contribution in [0.5, 0.6) is 0 Å². The number of benzene rings is 3. The van der Waals surface area contributed by atoms with Crippen molar-refractivity contribution in [3.63, 3.8) is 0 Å². The Morgan fingerprint density at radius 3 is 2.08 bits per heavy atom. The second kappa shape index (κ2) is 14.0. The first-order chi connectivity index (χ1) is 23.1. The van der Waals surface area contributed by atoms with E-state index in [1.165, 1.54) is 47.7 Å².